The molecule has 1 aromatic rings. The van der Waals surface area contributed by atoms with Gasteiger partial charge in [-0.15, -0.1) is 11.6 Å². The van der Waals surface area contributed by atoms with E-state index in [4.69, 9.17) is 23.2 Å². The zero-order chi connectivity index (χ0) is 12.9. The van der Waals surface area contributed by atoms with Crippen molar-refractivity contribution in [3.05, 3.63) is 34.6 Å². The Balaban J connectivity index is 2.68. The predicted octanol–water partition coefficient (Wildman–Crippen LogP) is 4.37. The smallest absolute Gasteiger partial charge is 0.127 e. The highest BCUT2D eigenvalue weighted by Crippen LogP contribution is 2.19. The van der Waals surface area contributed by atoms with Crippen LogP contribution in [0.3, 0.4) is 0 Å². The SMILES string of the molecule is CCC(C)(CCCl)NCc1cc(Cl)ccc1F. The van der Waals surface area contributed by atoms with Gasteiger partial charge >= 0.3 is 0 Å². The van der Waals surface area contributed by atoms with Gasteiger partial charge in [0.1, 0.15) is 5.82 Å². The van der Waals surface area contributed by atoms with Crippen molar-refractivity contribution in [1.29, 1.82) is 0 Å². The lowest BCUT2D eigenvalue weighted by atomic mass is 9.95. The molecule has 0 aliphatic rings. The van der Waals surface area contributed by atoms with Gasteiger partial charge in [-0.25, -0.2) is 4.39 Å². The van der Waals surface area contributed by atoms with Gasteiger partial charge in [0.2, 0.25) is 0 Å². The Morgan fingerprint density at radius 2 is 2.12 bits per heavy atom. The average Bonchev–Trinajstić information content (AvgIpc) is 2.31. The van der Waals surface area contributed by atoms with Crippen LogP contribution in [0.5, 0.6) is 0 Å². The van der Waals surface area contributed by atoms with Crippen LogP contribution < -0.4 is 5.32 Å². The summed E-state index contributed by atoms with van der Waals surface area (Å²) >= 11 is 11.6. The van der Waals surface area contributed by atoms with Crippen LogP contribution in [-0.4, -0.2) is 11.4 Å². The van der Waals surface area contributed by atoms with Crippen molar-refractivity contribution in [2.24, 2.45) is 0 Å². The third kappa shape index (κ3) is 4.46. The molecular weight excluding hydrogens is 260 g/mol. The summed E-state index contributed by atoms with van der Waals surface area (Å²) in [6.45, 7) is 4.65. The zero-order valence-corrected chi connectivity index (χ0v) is 11.7. The molecule has 0 amide bonds. The van der Waals surface area contributed by atoms with E-state index in [9.17, 15) is 4.39 Å². The van der Waals surface area contributed by atoms with Crippen molar-refractivity contribution >= 4 is 23.2 Å². The molecule has 0 aromatic heterocycles. The first-order chi connectivity index (χ1) is 8.00. The monoisotopic (exact) mass is 277 g/mol. The molecule has 0 saturated heterocycles. The van der Waals surface area contributed by atoms with Gasteiger partial charge in [0.25, 0.3) is 0 Å². The van der Waals surface area contributed by atoms with Gasteiger partial charge in [-0.2, -0.15) is 0 Å². The Labute approximate surface area is 112 Å². The maximum Gasteiger partial charge on any atom is 0.127 e. The van der Waals surface area contributed by atoms with Gasteiger partial charge in [0.15, 0.2) is 0 Å². The highest BCUT2D eigenvalue weighted by Gasteiger charge is 2.20. The zero-order valence-electron chi connectivity index (χ0n) is 10.2. The molecule has 1 unspecified atom stereocenters. The molecule has 1 rings (SSSR count). The summed E-state index contributed by atoms with van der Waals surface area (Å²) in [5.74, 6) is 0.362. The van der Waals surface area contributed by atoms with Crippen LogP contribution in [0.25, 0.3) is 0 Å². The molecule has 0 spiro atoms. The fourth-order valence-electron chi connectivity index (χ4n) is 1.59. The van der Waals surface area contributed by atoms with Crippen LogP contribution in [0, 0.1) is 5.82 Å². The van der Waals surface area contributed by atoms with E-state index in [1.54, 1.807) is 12.1 Å². The molecule has 0 aliphatic heterocycles. The van der Waals surface area contributed by atoms with Gasteiger partial charge in [0, 0.05) is 28.5 Å². The maximum atomic E-state index is 13.5. The number of alkyl halides is 1. The number of rotatable bonds is 6. The summed E-state index contributed by atoms with van der Waals surface area (Å²) in [4.78, 5) is 0. The summed E-state index contributed by atoms with van der Waals surface area (Å²) in [5, 5.41) is 3.90. The molecule has 0 saturated carbocycles. The lowest BCUT2D eigenvalue weighted by Gasteiger charge is -2.29. The first kappa shape index (κ1) is 14.7. The largest absolute Gasteiger partial charge is 0.307 e. The molecule has 1 nitrogen and oxygen atoms in total. The molecule has 0 aliphatic carbocycles. The van der Waals surface area contributed by atoms with E-state index in [-0.39, 0.29) is 11.4 Å². The Morgan fingerprint density at radius 1 is 1.41 bits per heavy atom. The molecule has 4 heteroatoms. The minimum absolute atomic E-state index is 0.0590. The molecule has 0 bridgehead atoms. The lowest BCUT2D eigenvalue weighted by Crippen LogP contribution is -2.41. The van der Waals surface area contributed by atoms with E-state index in [0.717, 1.165) is 12.8 Å². The number of nitrogens with one attached hydrogen (secondary N) is 1. The highest BCUT2D eigenvalue weighted by molar-refractivity contribution is 6.30. The number of halogens is 3. The molecule has 1 N–H and O–H groups in total. The second-order valence-corrected chi connectivity index (χ2v) is 5.26. The van der Waals surface area contributed by atoms with E-state index in [1.165, 1.54) is 6.07 Å². The first-order valence-electron chi connectivity index (χ1n) is 5.75. The van der Waals surface area contributed by atoms with E-state index in [0.29, 0.717) is 23.0 Å². The van der Waals surface area contributed by atoms with Crippen molar-refractivity contribution in [1.82, 2.24) is 5.32 Å². The topological polar surface area (TPSA) is 12.0 Å². The third-order valence-electron chi connectivity index (χ3n) is 3.14. The molecule has 0 heterocycles. The van der Waals surface area contributed by atoms with Crippen LogP contribution in [-0.2, 0) is 6.54 Å². The van der Waals surface area contributed by atoms with Gasteiger partial charge in [-0.3, -0.25) is 0 Å². The van der Waals surface area contributed by atoms with Gasteiger partial charge in [-0.1, -0.05) is 18.5 Å². The fourth-order valence-corrected chi connectivity index (χ4v) is 2.20. The van der Waals surface area contributed by atoms with Gasteiger partial charge < -0.3 is 5.32 Å². The van der Waals surface area contributed by atoms with Crippen molar-refractivity contribution in [2.75, 3.05) is 5.88 Å². The van der Waals surface area contributed by atoms with Crippen molar-refractivity contribution in [2.45, 2.75) is 38.8 Å². The molecule has 1 atom stereocenters. The molecule has 17 heavy (non-hydrogen) atoms. The Hall–Kier alpha value is -0.310. The summed E-state index contributed by atoms with van der Waals surface area (Å²) in [7, 11) is 0. The Kier molecular flexibility index (Phi) is 5.71. The van der Waals surface area contributed by atoms with Crippen LogP contribution in [0.15, 0.2) is 18.2 Å². The summed E-state index contributed by atoms with van der Waals surface area (Å²) in [6.07, 6.45) is 1.80. The standard InChI is InChI=1S/C13H18Cl2FN/c1-3-13(2,6-7-14)17-9-10-8-11(15)4-5-12(10)16/h4-5,8,17H,3,6-7,9H2,1-2H3. The third-order valence-corrected chi connectivity index (χ3v) is 3.56. The van der Waals surface area contributed by atoms with Crippen LogP contribution >= 0.6 is 23.2 Å². The quantitative estimate of drug-likeness (QED) is 0.762. The van der Waals surface area contributed by atoms with Crippen molar-refractivity contribution in [3.63, 3.8) is 0 Å². The Morgan fingerprint density at radius 3 is 2.71 bits per heavy atom. The van der Waals surface area contributed by atoms with E-state index in [1.807, 2.05) is 0 Å². The average molecular weight is 278 g/mol. The van der Waals surface area contributed by atoms with Gasteiger partial charge in [-0.05, 0) is 38.0 Å². The molecule has 96 valence electrons. The van der Waals surface area contributed by atoms with Crippen molar-refractivity contribution < 1.29 is 4.39 Å². The van der Waals surface area contributed by atoms with Crippen molar-refractivity contribution in [3.8, 4) is 0 Å². The first-order valence-corrected chi connectivity index (χ1v) is 6.67. The number of hydrogen-bond acceptors (Lipinski definition) is 1. The lowest BCUT2D eigenvalue weighted by molar-refractivity contribution is 0.329. The Bertz CT molecular complexity index is 370. The number of benzene rings is 1. The predicted molar refractivity (Wildman–Crippen MR) is 72.3 cm³/mol. The van der Waals surface area contributed by atoms with E-state index >= 15 is 0 Å². The highest BCUT2D eigenvalue weighted by atomic mass is 35.5. The summed E-state index contributed by atoms with van der Waals surface area (Å²) < 4.78 is 13.5. The normalized spacial score (nSPS) is 14.6. The van der Waals surface area contributed by atoms with Gasteiger partial charge in [0.05, 0.1) is 0 Å². The summed E-state index contributed by atoms with van der Waals surface area (Å²) in [5.41, 5.74) is 0.531. The minimum atomic E-state index is -0.230. The number of hydrogen-bond donors (Lipinski definition) is 1. The molecule has 0 radical (unpaired) electrons. The second kappa shape index (κ2) is 6.58. The minimum Gasteiger partial charge on any atom is -0.307 e. The molecule has 0 fully saturated rings. The van der Waals surface area contributed by atoms with Crippen LogP contribution in [0.4, 0.5) is 4.39 Å². The molecular formula is C13H18Cl2FN. The summed E-state index contributed by atoms with van der Waals surface area (Å²) in [6, 6.07) is 4.60. The fraction of sp³-hybridized carbons (Fsp3) is 0.538. The van der Waals surface area contributed by atoms with Crippen LogP contribution in [0.2, 0.25) is 5.02 Å². The van der Waals surface area contributed by atoms with Crippen LogP contribution in [0.1, 0.15) is 32.3 Å². The van der Waals surface area contributed by atoms with E-state index < -0.39 is 0 Å². The van der Waals surface area contributed by atoms with E-state index in [2.05, 4.69) is 19.2 Å². The second-order valence-electron chi connectivity index (χ2n) is 4.44. The maximum absolute atomic E-state index is 13.5. The molecule has 1 aromatic carbocycles.